The summed E-state index contributed by atoms with van der Waals surface area (Å²) in [5.41, 5.74) is -0.900. The van der Waals surface area contributed by atoms with Crippen molar-refractivity contribution in [1.29, 1.82) is 0 Å². The van der Waals surface area contributed by atoms with Crippen LogP contribution in [0.1, 0.15) is 30.0 Å². The van der Waals surface area contributed by atoms with E-state index in [1.54, 1.807) is 0 Å². The van der Waals surface area contributed by atoms with E-state index in [2.05, 4.69) is 4.72 Å². The Bertz CT molecular complexity index is 1060. The largest absolute Gasteiger partial charge is 0.416 e. The quantitative estimate of drug-likeness (QED) is 0.653. The third-order valence-corrected chi connectivity index (χ3v) is 6.45. The molecule has 0 spiro atoms. The van der Waals surface area contributed by atoms with Gasteiger partial charge in [-0.05, 0) is 42.3 Å². The predicted octanol–water partition coefficient (Wildman–Crippen LogP) is 4.14. The number of rotatable bonds is 6. The number of hydrogen-bond acceptors (Lipinski definition) is 3. The van der Waals surface area contributed by atoms with Gasteiger partial charge in [0.15, 0.2) is 0 Å². The van der Waals surface area contributed by atoms with E-state index < -0.39 is 38.6 Å². The number of likely N-dealkylation sites (tertiary alicyclic amines) is 1. The molecule has 0 bridgehead atoms. The van der Waals surface area contributed by atoms with Crippen molar-refractivity contribution < 1.29 is 30.8 Å². The van der Waals surface area contributed by atoms with Gasteiger partial charge in [0.25, 0.3) is 0 Å². The van der Waals surface area contributed by atoms with Crippen LogP contribution in [0.15, 0.2) is 47.4 Å². The highest BCUT2D eigenvalue weighted by Gasteiger charge is 2.33. The molecule has 30 heavy (non-hydrogen) atoms. The summed E-state index contributed by atoms with van der Waals surface area (Å²) < 4.78 is 80.7. The van der Waals surface area contributed by atoms with E-state index in [0.717, 1.165) is 30.3 Å². The Morgan fingerprint density at radius 3 is 2.50 bits per heavy atom. The van der Waals surface area contributed by atoms with Crippen molar-refractivity contribution in [1.82, 2.24) is 9.62 Å². The number of halogens is 5. The van der Waals surface area contributed by atoms with Crippen molar-refractivity contribution in [3.63, 3.8) is 0 Å². The molecule has 162 valence electrons. The lowest BCUT2D eigenvalue weighted by molar-refractivity contribution is -0.137. The summed E-state index contributed by atoms with van der Waals surface area (Å²) in [5.74, 6) is -1.02. The molecule has 3 rings (SSSR count). The molecule has 1 atom stereocenters. The monoisotopic (exact) mass is 464 g/mol. The van der Waals surface area contributed by atoms with Crippen LogP contribution in [-0.2, 0) is 21.0 Å². The molecule has 1 N–H and O–H groups in total. The third kappa shape index (κ3) is 5.11. The molecule has 1 aliphatic rings. The van der Waals surface area contributed by atoms with Gasteiger partial charge < -0.3 is 4.90 Å². The Balaban J connectivity index is 1.97. The Morgan fingerprint density at radius 1 is 1.17 bits per heavy atom. The number of hydrogen-bond donors (Lipinski definition) is 1. The molecule has 1 saturated heterocycles. The zero-order valence-electron chi connectivity index (χ0n) is 15.4. The van der Waals surface area contributed by atoms with E-state index in [4.69, 9.17) is 11.6 Å². The molecule has 1 fully saturated rings. The van der Waals surface area contributed by atoms with Gasteiger partial charge in [0.05, 0.1) is 21.5 Å². The number of nitrogens with zero attached hydrogens (tertiary/aromatic N) is 1. The second-order valence-electron chi connectivity index (χ2n) is 6.82. The molecular formula is C19H17ClF4N2O3S. The van der Waals surface area contributed by atoms with Crippen molar-refractivity contribution in [2.75, 3.05) is 13.1 Å². The number of carbonyl (C=O) groups excluding carboxylic acids is 1. The predicted molar refractivity (Wildman–Crippen MR) is 102 cm³/mol. The second kappa shape index (κ2) is 8.52. The number of carbonyl (C=O) groups is 1. The Kier molecular flexibility index (Phi) is 6.40. The first-order valence-corrected chi connectivity index (χ1v) is 10.8. The van der Waals surface area contributed by atoms with Gasteiger partial charge in [-0.15, -0.1) is 0 Å². The molecule has 2 aromatic carbocycles. The number of sulfonamides is 1. The Hall–Kier alpha value is -2.17. The van der Waals surface area contributed by atoms with Crippen molar-refractivity contribution in [3.8, 4) is 0 Å². The number of nitrogens with one attached hydrogen (secondary N) is 1. The minimum atomic E-state index is -4.62. The van der Waals surface area contributed by atoms with E-state index in [-0.39, 0.29) is 29.3 Å². The maximum absolute atomic E-state index is 13.4. The van der Waals surface area contributed by atoms with Crippen molar-refractivity contribution >= 4 is 27.5 Å². The van der Waals surface area contributed by atoms with Crippen LogP contribution in [0.25, 0.3) is 0 Å². The molecule has 0 aromatic heterocycles. The van der Waals surface area contributed by atoms with Crippen molar-refractivity contribution in [3.05, 3.63) is 64.4 Å². The standard InChI is InChI=1S/C19H17ClF4N2O3S/c20-15-10-14(6-7-16(15)21)30(28,29)25-17(11-26-8-2-5-18(26)27)12-3-1-4-13(9-12)19(22,23)24/h1,3-4,6-7,9-10,17,25H,2,5,8,11H2. The van der Waals surface area contributed by atoms with Gasteiger partial charge in [-0.25, -0.2) is 17.5 Å². The maximum Gasteiger partial charge on any atom is 0.416 e. The lowest BCUT2D eigenvalue weighted by atomic mass is 10.0. The van der Waals surface area contributed by atoms with E-state index in [1.165, 1.54) is 17.0 Å². The lowest BCUT2D eigenvalue weighted by Crippen LogP contribution is -2.38. The minimum Gasteiger partial charge on any atom is -0.341 e. The lowest BCUT2D eigenvalue weighted by Gasteiger charge is -2.25. The van der Waals surface area contributed by atoms with E-state index in [9.17, 15) is 30.8 Å². The normalized spacial score (nSPS) is 16.2. The Labute approximate surface area is 175 Å². The minimum absolute atomic E-state index is 0.0429. The number of benzene rings is 2. The average Bonchev–Trinajstić information content (AvgIpc) is 3.07. The Morgan fingerprint density at radius 2 is 1.90 bits per heavy atom. The topological polar surface area (TPSA) is 66.5 Å². The zero-order valence-corrected chi connectivity index (χ0v) is 17.0. The van der Waals surface area contributed by atoms with Crippen LogP contribution < -0.4 is 4.72 Å². The summed E-state index contributed by atoms with van der Waals surface area (Å²) >= 11 is 5.66. The fraction of sp³-hybridized carbons (Fsp3) is 0.316. The molecule has 5 nitrogen and oxygen atoms in total. The molecule has 1 unspecified atom stereocenters. The first-order valence-electron chi connectivity index (χ1n) is 8.90. The molecular weight excluding hydrogens is 448 g/mol. The van der Waals surface area contributed by atoms with Crippen LogP contribution >= 0.6 is 11.6 Å². The van der Waals surface area contributed by atoms with Crippen LogP contribution in [0, 0.1) is 5.82 Å². The van der Waals surface area contributed by atoms with Crippen LogP contribution in [-0.4, -0.2) is 32.3 Å². The van der Waals surface area contributed by atoms with E-state index in [1.807, 2.05) is 0 Å². The molecule has 11 heteroatoms. The fourth-order valence-electron chi connectivity index (χ4n) is 3.16. The fourth-order valence-corrected chi connectivity index (χ4v) is 4.65. The van der Waals surface area contributed by atoms with Gasteiger partial charge in [0, 0.05) is 19.5 Å². The van der Waals surface area contributed by atoms with E-state index >= 15 is 0 Å². The number of amides is 1. The summed E-state index contributed by atoms with van der Waals surface area (Å²) in [5, 5.41) is -0.414. The van der Waals surface area contributed by atoms with Crippen LogP contribution in [0.2, 0.25) is 5.02 Å². The molecule has 0 radical (unpaired) electrons. The van der Waals surface area contributed by atoms with Gasteiger partial charge in [-0.2, -0.15) is 13.2 Å². The zero-order chi connectivity index (χ0) is 22.1. The van der Waals surface area contributed by atoms with Gasteiger partial charge in [-0.1, -0.05) is 23.7 Å². The summed E-state index contributed by atoms with van der Waals surface area (Å²) in [6.45, 7) is 0.229. The second-order valence-corrected chi connectivity index (χ2v) is 8.94. The average molecular weight is 465 g/mol. The molecule has 2 aromatic rings. The molecule has 0 saturated carbocycles. The highest BCUT2D eigenvalue weighted by atomic mass is 35.5. The van der Waals surface area contributed by atoms with Gasteiger partial charge in [0.1, 0.15) is 5.82 Å². The van der Waals surface area contributed by atoms with Crippen molar-refractivity contribution in [2.24, 2.45) is 0 Å². The van der Waals surface area contributed by atoms with Gasteiger partial charge >= 0.3 is 6.18 Å². The first-order chi connectivity index (χ1) is 14.0. The third-order valence-electron chi connectivity index (χ3n) is 4.69. The van der Waals surface area contributed by atoms with Crippen LogP contribution in [0.5, 0.6) is 0 Å². The highest BCUT2D eigenvalue weighted by Crippen LogP contribution is 2.32. The first kappa shape index (κ1) is 22.5. The molecule has 1 aliphatic heterocycles. The molecule has 1 heterocycles. The maximum atomic E-state index is 13.4. The van der Waals surface area contributed by atoms with Crippen LogP contribution in [0.4, 0.5) is 17.6 Å². The summed E-state index contributed by atoms with van der Waals surface area (Å²) in [6.07, 6.45) is -3.75. The van der Waals surface area contributed by atoms with Gasteiger partial charge in [-0.3, -0.25) is 4.79 Å². The summed E-state index contributed by atoms with van der Waals surface area (Å²) in [4.78, 5) is 13.0. The summed E-state index contributed by atoms with van der Waals surface area (Å²) in [7, 11) is -4.27. The molecule has 1 amide bonds. The number of alkyl halides is 3. The highest BCUT2D eigenvalue weighted by molar-refractivity contribution is 7.89. The molecule has 0 aliphatic carbocycles. The van der Waals surface area contributed by atoms with E-state index in [0.29, 0.717) is 13.0 Å². The van der Waals surface area contributed by atoms with Gasteiger partial charge in [0.2, 0.25) is 15.9 Å². The summed E-state index contributed by atoms with van der Waals surface area (Å²) in [6, 6.07) is 5.85. The smallest absolute Gasteiger partial charge is 0.341 e. The SMILES string of the molecule is O=C1CCCN1CC(NS(=O)(=O)c1ccc(F)c(Cl)c1)c1cccc(C(F)(F)F)c1. The van der Waals surface area contributed by atoms with Crippen LogP contribution in [0.3, 0.4) is 0 Å². The van der Waals surface area contributed by atoms with Crippen molar-refractivity contribution in [2.45, 2.75) is 30.0 Å².